The molecule has 0 spiro atoms. The Balaban J connectivity index is 1.54. The Morgan fingerprint density at radius 2 is 1.79 bits per heavy atom. The highest BCUT2D eigenvalue weighted by molar-refractivity contribution is 5.96. The molecular weight excluding hydrogens is 430 g/mol. The highest BCUT2D eigenvalue weighted by Gasteiger charge is 2.25. The fourth-order valence-corrected chi connectivity index (χ4v) is 5.16. The summed E-state index contributed by atoms with van der Waals surface area (Å²) in [4.78, 5) is 35.5. The van der Waals surface area contributed by atoms with Gasteiger partial charge in [-0.2, -0.15) is 0 Å². The summed E-state index contributed by atoms with van der Waals surface area (Å²) in [7, 11) is 3.46. The number of carbonyl (C=O) groups excluding carboxylic acids is 1. The lowest BCUT2D eigenvalue weighted by Crippen LogP contribution is -2.48. The maximum atomic E-state index is 12.6. The molecule has 2 aliphatic heterocycles. The van der Waals surface area contributed by atoms with E-state index in [-0.39, 0.29) is 11.5 Å². The molecule has 8 nitrogen and oxygen atoms in total. The standard InChI is InChI=1S/C26H31N5O3/c1-17-12-21-22(28(3)26(17)33)14-20(34-4)15-23(21)31-7-5-6-19-13-25(27-16-24(19)31)30-10-8-29(9-11-30)18(2)32/h12-16H,5-11H2,1-4H3. The van der Waals surface area contributed by atoms with Crippen LogP contribution < -0.4 is 20.1 Å². The van der Waals surface area contributed by atoms with Crippen molar-refractivity contribution in [2.45, 2.75) is 26.7 Å². The van der Waals surface area contributed by atoms with Gasteiger partial charge in [-0.25, -0.2) is 4.98 Å². The summed E-state index contributed by atoms with van der Waals surface area (Å²) < 4.78 is 7.30. The molecule has 1 saturated heterocycles. The Morgan fingerprint density at radius 1 is 1.03 bits per heavy atom. The molecule has 3 aromatic rings. The lowest BCUT2D eigenvalue weighted by atomic mass is 10.0. The summed E-state index contributed by atoms with van der Waals surface area (Å²) in [5.74, 6) is 1.82. The zero-order valence-electron chi connectivity index (χ0n) is 20.3. The molecule has 0 bridgehead atoms. The van der Waals surface area contributed by atoms with Crippen LogP contribution in [0.3, 0.4) is 0 Å². The van der Waals surface area contributed by atoms with Crippen molar-refractivity contribution < 1.29 is 9.53 Å². The number of ether oxygens (including phenoxy) is 1. The molecule has 1 aromatic carbocycles. The largest absolute Gasteiger partial charge is 0.497 e. The summed E-state index contributed by atoms with van der Waals surface area (Å²) in [5, 5.41) is 1.03. The molecule has 0 aliphatic carbocycles. The fourth-order valence-electron chi connectivity index (χ4n) is 5.16. The maximum Gasteiger partial charge on any atom is 0.253 e. The summed E-state index contributed by atoms with van der Waals surface area (Å²) >= 11 is 0. The van der Waals surface area contributed by atoms with E-state index in [0.717, 1.165) is 85.0 Å². The van der Waals surface area contributed by atoms with Crippen LogP contribution in [-0.4, -0.2) is 60.2 Å². The van der Waals surface area contributed by atoms with Crippen LogP contribution in [0.25, 0.3) is 10.9 Å². The van der Waals surface area contributed by atoms with E-state index < -0.39 is 0 Å². The molecule has 8 heteroatoms. The minimum absolute atomic E-state index is 0.00178. The second kappa shape index (κ2) is 8.66. The minimum Gasteiger partial charge on any atom is -0.497 e. The zero-order chi connectivity index (χ0) is 24.0. The summed E-state index contributed by atoms with van der Waals surface area (Å²) in [6, 6.07) is 8.16. The van der Waals surface area contributed by atoms with Gasteiger partial charge in [-0.15, -0.1) is 0 Å². The Hall–Kier alpha value is -3.55. The average Bonchev–Trinajstić information content (AvgIpc) is 2.86. The first-order valence-electron chi connectivity index (χ1n) is 11.8. The highest BCUT2D eigenvalue weighted by atomic mass is 16.5. The summed E-state index contributed by atoms with van der Waals surface area (Å²) in [6.07, 6.45) is 3.99. The van der Waals surface area contributed by atoms with Crippen molar-refractivity contribution >= 4 is 34.0 Å². The van der Waals surface area contributed by atoms with E-state index in [4.69, 9.17) is 9.72 Å². The number of benzene rings is 1. The van der Waals surface area contributed by atoms with Crippen LogP contribution in [0, 0.1) is 6.92 Å². The van der Waals surface area contributed by atoms with Crippen LogP contribution in [0.2, 0.25) is 0 Å². The number of piperazine rings is 1. The van der Waals surface area contributed by atoms with E-state index in [1.807, 2.05) is 37.2 Å². The molecule has 34 heavy (non-hydrogen) atoms. The van der Waals surface area contributed by atoms with Gasteiger partial charge in [0.2, 0.25) is 5.91 Å². The number of hydrogen-bond donors (Lipinski definition) is 0. The first-order valence-corrected chi connectivity index (χ1v) is 11.8. The van der Waals surface area contributed by atoms with E-state index in [0.29, 0.717) is 0 Å². The smallest absolute Gasteiger partial charge is 0.253 e. The van der Waals surface area contributed by atoms with Crippen LogP contribution in [0.15, 0.2) is 35.3 Å². The lowest BCUT2D eigenvalue weighted by Gasteiger charge is -2.36. The lowest BCUT2D eigenvalue weighted by molar-refractivity contribution is -0.129. The number of amides is 1. The second-order valence-corrected chi connectivity index (χ2v) is 9.19. The van der Waals surface area contributed by atoms with Gasteiger partial charge in [-0.3, -0.25) is 9.59 Å². The van der Waals surface area contributed by atoms with Gasteiger partial charge >= 0.3 is 0 Å². The van der Waals surface area contributed by atoms with Crippen LogP contribution >= 0.6 is 0 Å². The van der Waals surface area contributed by atoms with Gasteiger partial charge in [0.15, 0.2) is 0 Å². The molecule has 2 aliphatic rings. The molecule has 0 atom stereocenters. The maximum absolute atomic E-state index is 12.6. The third-order valence-electron chi connectivity index (χ3n) is 7.12. The van der Waals surface area contributed by atoms with Crippen molar-refractivity contribution in [3.63, 3.8) is 0 Å². The van der Waals surface area contributed by atoms with Crippen molar-refractivity contribution in [3.8, 4) is 5.75 Å². The van der Waals surface area contributed by atoms with Gasteiger partial charge in [0.05, 0.1) is 30.2 Å². The van der Waals surface area contributed by atoms with Crippen molar-refractivity contribution in [1.82, 2.24) is 14.5 Å². The van der Waals surface area contributed by atoms with Gasteiger partial charge in [0.1, 0.15) is 11.6 Å². The summed E-state index contributed by atoms with van der Waals surface area (Å²) in [5.41, 5.74) is 4.96. The number of anilines is 3. The molecule has 0 N–H and O–H groups in total. The third-order valence-corrected chi connectivity index (χ3v) is 7.12. The molecule has 2 aromatic heterocycles. The van der Waals surface area contributed by atoms with Crippen LogP contribution in [-0.2, 0) is 18.3 Å². The first kappa shape index (κ1) is 22.3. The molecule has 0 unspecified atom stereocenters. The van der Waals surface area contributed by atoms with Crippen molar-refractivity contribution in [2.75, 3.05) is 49.6 Å². The molecule has 1 amide bonds. The highest BCUT2D eigenvalue weighted by Crippen LogP contribution is 2.40. The quantitative estimate of drug-likeness (QED) is 0.597. The van der Waals surface area contributed by atoms with E-state index in [9.17, 15) is 9.59 Å². The number of aryl methyl sites for hydroxylation is 3. The van der Waals surface area contributed by atoms with E-state index in [2.05, 4.69) is 21.9 Å². The predicted molar refractivity (Wildman–Crippen MR) is 135 cm³/mol. The Labute approximate surface area is 199 Å². The van der Waals surface area contributed by atoms with Gasteiger partial charge < -0.3 is 24.0 Å². The number of fused-ring (bicyclic) bond motifs is 2. The molecular formula is C26H31N5O3. The van der Waals surface area contributed by atoms with Crippen LogP contribution in [0.4, 0.5) is 17.2 Å². The van der Waals surface area contributed by atoms with E-state index in [1.54, 1.807) is 18.6 Å². The van der Waals surface area contributed by atoms with Gasteiger partial charge in [0, 0.05) is 69.8 Å². The predicted octanol–water partition coefficient (Wildman–Crippen LogP) is 3.00. The topological polar surface area (TPSA) is 70.9 Å². The Morgan fingerprint density at radius 3 is 2.50 bits per heavy atom. The Bertz CT molecular complexity index is 1320. The number of methoxy groups -OCH3 is 1. The number of rotatable bonds is 3. The SMILES string of the molecule is COc1cc(N2CCCc3cc(N4CCN(C(C)=O)CC4)ncc32)c2cc(C)c(=O)n(C)c2c1. The average molecular weight is 462 g/mol. The molecule has 0 saturated carbocycles. The van der Waals surface area contributed by atoms with E-state index in [1.165, 1.54) is 5.56 Å². The second-order valence-electron chi connectivity index (χ2n) is 9.19. The first-order chi connectivity index (χ1) is 16.4. The normalized spacial score (nSPS) is 16.1. The zero-order valence-corrected chi connectivity index (χ0v) is 20.3. The van der Waals surface area contributed by atoms with Crippen LogP contribution in [0.5, 0.6) is 5.75 Å². The number of hydrogen-bond acceptors (Lipinski definition) is 6. The number of carbonyl (C=O) groups is 1. The van der Waals surface area contributed by atoms with E-state index >= 15 is 0 Å². The number of nitrogens with zero attached hydrogens (tertiary/aromatic N) is 5. The van der Waals surface area contributed by atoms with Crippen molar-refractivity contribution in [3.05, 3.63) is 51.9 Å². The van der Waals surface area contributed by atoms with Gasteiger partial charge in [-0.05, 0) is 37.5 Å². The Kier molecular flexibility index (Phi) is 5.67. The van der Waals surface area contributed by atoms with Crippen LogP contribution in [0.1, 0.15) is 24.5 Å². The van der Waals surface area contributed by atoms with Crippen molar-refractivity contribution in [2.24, 2.45) is 7.05 Å². The molecule has 4 heterocycles. The molecule has 5 rings (SSSR count). The fraction of sp³-hybridized carbons (Fsp3) is 0.423. The minimum atomic E-state index is 0.00178. The molecule has 178 valence electrons. The van der Waals surface area contributed by atoms with Crippen molar-refractivity contribution in [1.29, 1.82) is 0 Å². The van der Waals surface area contributed by atoms with Gasteiger partial charge in [-0.1, -0.05) is 0 Å². The molecule has 1 fully saturated rings. The summed E-state index contributed by atoms with van der Waals surface area (Å²) in [6.45, 7) is 7.41. The third kappa shape index (κ3) is 3.77. The molecule has 0 radical (unpaired) electrons. The number of aromatic nitrogens is 2. The van der Waals surface area contributed by atoms with Gasteiger partial charge in [0.25, 0.3) is 5.56 Å². The monoisotopic (exact) mass is 461 g/mol. The number of pyridine rings is 2.